The highest BCUT2D eigenvalue weighted by Gasteiger charge is 2.35. The molecule has 1 N–H and O–H groups in total. The van der Waals surface area contributed by atoms with Crippen LogP contribution in [0.5, 0.6) is 11.5 Å². The van der Waals surface area contributed by atoms with Gasteiger partial charge in [-0.2, -0.15) is 4.31 Å². The van der Waals surface area contributed by atoms with Crippen LogP contribution < -0.4 is 14.8 Å². The third-order valence-corrected chi connectivity index (χ3v) is 7.94. The number of benzene rings is 2. The van der Waals surface area contributed by atoms with E-state index >= 15 is 0 Å². The van der Waals surface area contributed by atoms with Gasteiger partial charge in [0.15, 0.2) is 11.5 Å². The summed E-state index contributed by atoms with van der Waals surface area (Å²) in [6.07, 6.45) is 1.29. The largest absolute Gasteiger partial charge is 0.486 e. The van der Waals surface area contributed by atoms with Crippen LogP contribution in [0.2, 0.25) is 0 Å². The van der Waals surface area contributed by atoms with Crippen molar-refractivity contribution in [3.05, 3.63) is 47.0 Å². The molecule has 0 aliphatic carbocycles. The molecule has 2 aliphatic rings. The summed E-state index contributed by atoms with van der Waals surface area (Å²) in [5.41, 5.74) is 3.12. The highest BCUT2D eigenvalue weighted by molar-refractivity contribution is 7.89. The van der Waals surface area contributed by atoms with Crippen LogP contribution in [0.15, 0.2) is 35.2 Å². The first-order valence-electron chi connectivity index (χ1n) is 10.5. The van der Waals surface area contributed by atoms with E-state index < -0.39 is 15.9 Å². The number of sulfonamides is 1. The van der Waals surface area contributed by atoms with Crippen LogP contribution in [-0.4, -0.2) is 44.9 Å². The number of hydrogen-bond donors (Lipinski definition) is 1. The summed E-state index contributed by atoms with van der Waals surface area (Å²) in [7, 11) is -3.67. The van der Waals surface area contributed by atoms with Crippen molar-refractivity contribution in [1.29, 1.82) is 0 Å². The first-order valence-corrected chi connectivity index (χ1v) is 12.0. The number of aryl methyl sites for hydroxylation is 3. The van der Waals surface area contributed by atoms with E-state index in [-0.39, 0.29) is 12.5 Å². The molecule has 2 aliphatic heterocycles. The number of anilines is 1. The van der Waals surface area contributed by atoms with E-state index in [4.69, 9.17) is 9.47 Å². The van der Waals surface area contributed by atoms with Gasteiger partial charge >= 0.3 is 0 Å². The number of piperidine rings is 1. The van der Waals surface area contributed by atoms with E-state index in [9.17, 15) is 13.2 Å². The summed E-state index contributed by atoms with van der Waals surface area (Å²) >= 11 is 0. The molecule has 0 saturated carbocycles. The molecule has 166 valence electrons. The average Bonchev–Trinajstić information content (AvgIpc) is 2.73. The number of ether oxygens (including phenoxy) is 2. The van der Waals surface area contributed by atoms with Crippen LogP contribution in [0.25, 0.3) is 0 Å². The minimum atomic E-state index is -3.67. The van der Waals surface area contributed by atoms with Gasteiger partial charge < -0.3 is 14.8 Å². The molecule has 0 spiro atoms. The Labute approximate surface area is 183 Å². The monoisotopic (exact) mass is 444 g/mol. The summed E-state index contributed by atoms with van der Waals surface area (Å²) < 4.78 is 39.3. The van der Waals surface area contributed by atoms with Gasteiger partial charge in [-0.25, -0.2) is 8.42 Å². The minimum absolute atomic E-state index is 0.172. The molecule has 0 radical (unpaired) electrons. The standard InChI is InChI=1S/C23H28N2O5S/c1-15-11-16(2)22(17(3)12-15)31(27,28)25-8-4-5-18(14-25)23(26)24-19-6-7-20-21(13-19)30-10-9-29-20/h6-7,11-13,18H,4-5,8-10,14H2,1-3H3,(H,24,26)/t18-/m1/s1. The average molecular weight is 445 g/mol. The normalized spacial score (nSPS) is 19.1. The minimum Gasteiger partial charge on any atom is -0.486 e. The Kier molecular flexibility index (Phi) is 5.94. The van der Waals surface area contributed by atoms with Gasteiger partial charge in [0.25, 0.3) is 0 Å². The van der Waals surface area contributed by atoms with Crippen molar-refractivity contribution in [1.82, 2.24) is 4.31 Å². The molecule has 1 atom stereocenters. The zero-order chi connectivity index (χ0) is 22.2. The number of carbonyl (C=O) groups excluding carboxylic acids is 1. The Bertz CT molecular complexity index is 1090. The van der Waals surface area contributed by atoms with Gasteiger partial charge in [0, 0.05) is 24.8 Å². The van der Waals surface area contributed by atoms with E-state index in [2.05, 4.69) is 5.32 Å². The van der Waals surface area contributed by atoms with Crippen molar-refractivity contribution in [3.8, 4) is 11.5 Å². The van der Waals surface area contributed by atoms with Crippen molar-refractivity contribution in [2.75, 3.05) is 31.6 Å². The Morgan fingerprint density at radius 2 is 1.71 bits per heavy atom. The van der Waals surface area contributed by atoms with Gasteiger partial charge in [-0.05, 0) is 56.9 Å². The lowest BCUT2D eigenvalue weighted by Gasteiger charge is -2.32. The first kappa shape index (κ1) is 21.6. The van der Waals surface area contributed by atoms with Gasteiger partial charge in [0.1, 0.15) is 13.2 Å². The SMILES string of the molecule is Cc1cc(C)c(S(=O)(=O)N2CCC[C@@H](C(=O)Nc3ccc4c(c3)OCCO4)C2)c(C)c1. The fourth-order valence-corrected chi connectivity index (χ4v) is 6.38. The number of amides is 1. The zero-order valence-corrected chi connectivity index (χ0v) is 18.9. The summed E-state index contributed by atoms with van der Waals surface area (Å²) in [5.74, 6) is 0.655. The lowest BCUT2D eigenvalue weighted by atomic mass is 9.98. The second-order valence-electron chi connectivity index (χ2n) is 8.28. The highest BCUT2D eigenvalue weighted by Crippen LogP contribution is 2.33. The molecule has 1 amide bonds. The van der Waals surface area contributed by atoms with E-state index in [0.717, 1.165) is 16.7 Å². The number of rotatable bonds is 4. The number of carbonyl (C=O) groups is 1. The third kappa shape index (κ3) is 4.41. The second-order valence-corrected chi connectivity index (χ2v) is 10.2. The maximum absolute atomic E-state index is 13.4. The molecule has 0 bridgehead atoms. The van der Waals surface area contributed by atoms with Crippen LogP contribution >= 0.6 is 0 Å². The van der Waals surface area contributed by atoms with Crippen molar-refractivity contribution in [3.63, 3.8) is 0 Å². The molecule has 2 aromatic rings. The summed E-state index contributed by atoms with van der Waals surface area (Å²) in [5, 5.41) is 2.91. The van der Waals surface area contributed by atoms with E-state index in [1.165, 1.54) is 4.31 Å². The predicted molar refractivity (Wildman–Crippen MR) is 118 cm³/mol. The molecule has 31 heavy (non-hydrogen) atoms. The fraction of sp³-hybridized carbons (Fsp3) is 0.435. The highest BCUT2D eigenvalue weighted by atomic mass is 32.2. The number of fused-ring (bicyclic) bond motifs is 1. The van der Waals surface area contributed by atoms with Crippen LogP contribution in [0.1, 0.15) is 29.5 Å². The zero-order valence-electron chi connectivity index (χ0n) is 18.1. The van der Waals surface area contributed by atoms with Crippen molar-refractivity contribution >= 4 is 21.6 Å². The Morgan fingerprint density at radius 3 is 2.42 bits per heavy atom. The molecular weight excluding hydrogens is 416 g/mol. The molecule has 0 aromatic heterocycles. The third-order valence-electron chi connectivity index (χ3n) is 5.77. The Balaban J connectivity index is 1.50. The van der Waals surface area contributed by atoms with Gasteiger partial charge in [-0.3, -0.25) is 4.79 Å². The smallest absolute Gasteiger partial charge is 0.243 e. The predicted octanol–water partition coefficient (Wildman–Crippen LogP) is 3.42. The van der Waals surface area contributed by atoms with Gasteiger partial charge in [0.2, 0.25) is 15.9 Å². The molecule has 7 nitrogen and oxygen atoms in total. The fourth-order valence-electron chi connectivity index (χ4n) is 4.44. The first-order chi connectivity index (χ1) is 14.8. The van der Waals surface area contributed by atoms with Gasteiger partial charge in [-0.1, -0.05) is 17.7 Å². The topological polar surface area (TPSA) is 84.9 Å². The van der Waals surface area contributed by atoms with E-state index in [0.29, 0.717) is 54.7 Å². The summed E-state index contributed by atoms with van der Waals surface area (Å²) in [6, 6.07) is 9.04. The number of nitrogens with zero attached hydrogens (tertiary/aromatic N) is 1. The molecule has 8 heteroatoms. The Hall–Kier alpha value is -2.58. The molecule has 1 saturated heterocycles. The molecule has 2 heterocycles. The lowest BCUT2D eigenvalue weighted by molar-refractivity contribution is -0.120. The lowest BCUT2D eigenvalue weighted by Crippen LogP contribution is -2.44. The van der Waals surface area contributed by atoms with Crippen molar-refractivity contribution in [2.24, 2.45) is 5.92 Å². The quantitative estimate of drug-likeness (QED) is 0.781. The second kappa shape index (κ2) is 8.51. The van der Waals surface area contributed by atoms with Gasteiger partial charge in [-0.15, -0.1) is 0 Å². The van der Waals surface area contributed by atoms with Crippen molar-refractivity contribution < 1.29 is 22.7 Å². The Morgan fingerprint density at radius 1 is 1.03 bits per heavy atom. The number of nitrogens with one attached hydrogen (secondary N) is 1. The van der Waals surface area contributed by atoms with Crippen LogP contribution in [0.4, 0.5) is 5.69 Å². The number of hydrogen-bond acceptors (Lipinski definition) is 5. The van der Waals surface area contributed by atoms with Crippen molar-refractivity contribution in [2.45, 2.75) is 38.5 Å². The van der Waals surface area contributed by atoms with Crippen LogP contribution in [-0.2, 0) is 14.8 Å². The molecular formula is C23H28N2O5S. The molecule has 2 aromatic carbocycles. The maximum atomic E-state index is 13.4. The van der Waals surface area contributed by atoms with E-state index in [1.54, 1.807) is 18.2 Å². The molecule has 0 unspecified atom stereocenters. The van der Waals surface area contributed by atoms with Gasteiger partial charge in [0.05, 0.1) is 10.8 Å². The summed E-state index contributed by atoms with van der Waals surface area (Å²) in [6.45, 7) is 7.17. The maximum Gasteiger partial charge on any atom is 0.243 e. The summed E-state index contributed by atoms with van der Waals surface area (Å²) in [4.78, 5) is 13.3. The molecule has 1 fully saturated rings. The van der Waals surface area contributed by atoms with E-state index in [1.807, 2.05) is 32.9 Å². The van der Waals surface area contributed by atoms with Crippen LogP contribution in [0, 0.1) is 26.7 Å². The van der Waals surface area contributed by atoms with Crippen LogP contribution in [0.3, 0.4) is 0 Å². The molecule has 4 rings (SSSR count).